The molecule has 1 aromatic carbocycles. The molecule has 0 spiro atoms. The van der Waals surface area contributed by atoms with Gasteiger partial charge in [0, 0.05) is 44.8 Å². The van der Waals surface area contributed by atoms with Crippen LogP contribution in [0.2, 0.25) is 0 Å². The molecule has 44 heavy (non-hydrogen) atoms. The predicted octanol–water partition coefficient (Wildman–Crippen LogP) is 4.31. The Labute approximate surface area is 257 Å². The molecule has 1 N–H and O–H groups in total. The Kier molecular flexibility index (Phi) is 8.52. The van der Waals surface area contributed by atoms with Gasteiger partial charge in [0.1, 0.15) is 17.2 Å². The van der Waals surface area contributed by atoms with Gasteiger partial charge in [0.15, 0.2) is 0 Å². The van der Waals surface area contributed by atoms with Crippen molar-refractivity contribution in [1.82, 2.24) is 24.4 Å². The number of fused-ring (bicyclic) bond motifs is 1. The largest absolute Gasteiger partial charge is 0.372 e. The Bertz CT molecular complexity index is 1730. The number of carbonyl (C=O) groups is 1. The standard InChI is InChI=1S/C31H37N7O5S/c1-21-8-11-26(12-9-21)44(40,41)43-20-25-19-37(14-15-42-25)24-10-13-28(32-18-24)34-31-33-17-22-16-27(30(39)36(2)3)38(29(22)35-31)23-6-4-5-7-23/h8-13,16-18,23,25H,4-7,14-15,19-20H2,1-3H3,(H,32,33,34,35)/t25-/m1/s1. The molecule has 12 nitrogen and oxygen atoms in total. The van der Waals surface area contributed by atoms with Crippen molar-refractivity contribution < 1.29 is 22.1 Å². The third-order valence-electron chi connectivity index (χ3n) is 8.10. The Morgan fingerprint density at radius 1 is 1.09 bits per heavy atom. The van der Waals surface area contributed by atoms with Crippen LogP contribution in [-0.4, -0.2) is 85.2 Å². The Hall–Kier alpha value is -4.07. The van der Waals surface area contributed by atoms with Crippen molar-refractivity contribution in [1.29, 1.82) is 0 Å². The highest BCUT2D eigenvalue weighted by molar-refractivity contribution is 7.86. The zero-order valence-electron chi connectivity index (χ0n) is 25.1. The van der Waals surface area contributed by atoms with Crippen molar-refractivity contribution in [2.24, 2.45) is 0 Å². The number of hydrogen-bond acceptors (Lipinski definition) is 10. The molecule has 1 amide bonds. The third kappa shape index (κ3) is 6.40. The molecule has 3 aromatic heterocycles. The minimum atomic E-state index is -3.87. The Balaban J connectivity index is 1.12. The van der Waals surface area contributed by atoms with Gasteiger partial charge >= 0.3 is 0 Å². The van der Waals surface area contributed by atoms with Crippen LogP contribution in [0.1, 0.15) is 47.8 Å². The number of nitrogens with one attached hydrogen (secondary N) is 1. The number of morpholine rings is 1. The molecule has 232 valence electrons. The van der Waals surface area contributed by atoms with Crippen molar-refractivity contribution in [3.63, 3.8) is 0 Å². The molecule has 1 saturated heterocycles. The molecule has 4 heterocycles. The van der Waals surface area contributed by atoms with E-state index in [1.807, 2.05) is 25.1 Å². The van der Waals surface area contributed by atoms with Crippen molar-refractivity contribution in [3.05, 3.63) is 66.1 Å². The molecule has 1 atom stereocenters. The number of rotatable bonds is 9. The molecule has 2 aliphatic rings. The number of anilines is 3. The van der Waals surface area contributed by atoms with E-state index in [9.17, 15) is 13.2 Å². The maximum atomic E-state index is 13.0. The molecule has 1 saturated carbocycles. The van der Waals surface area contributed by atoms with E-state index in [2.05, 4.69) is 24.8 Å². The van der Waals surface area contributed by atoms with Crippen LogP contribution in [0.25, 0.3) is 11.0 Å². The minimum Gasteiger partial charge on any atom is -0.372 e. The number of nitrogens with zero attached hydrogens (tertiary/aromatic N) is 6. The summed E-state index contributed by atoms with van der Waals surface area (Å²) in [4.78, 5) is 30.7. The summed E-state index contributed by atoms with van der Waals surface area (Å²) in [6.07, 6.45) is 7.39. The highest BCUT2D eigenvalue weighted by Gasteiger charge is 2.27. The quantitative estimate of drug-likeness (QED) is 0.271. The van der Waals surface area contributed by atoms with Gasteiger partial charge in [0.25, 0.3) is 16.0 Å². The average Bonchev–Trinajstić information content (AvgIpc) is 3.68. The number of amides is 1. The fraction of sp³-hybridized carbons (Fsp3) is 0.419. The van der Waals surface area contributed by atoms with Gasteiger partial charge in [0.05, 0.1) is 36.1 Å². The number of ether oxygens (including phenoxy) is 1. The van der Waals surface area contributed by atoms with Crippen LogP contribution >= 0.6 is 0 Å². The second-order valence-corrected chi connectivity index (χ2v) is 13.1. The topological polar surface area (TPSA) is 132 Å². The fourth-order valence-electron chi connectivity index (χ4n) is 5.75. The number of hydrogen-bond donors (Lipinski definition) is 1. The third-order valence-corrected chi connectivity index (χ3v) is 9.40. The summed E-state index contributed by atoms with van der Waals surface area (Å²) in [7, 11) is -0.356. The molecule has 13 heteroatoms. The van der Waals surface area contributed by atoms with Gasteiger partial charge < -0.3 is 24.4 Å². The molecular weight excluding hydrogens is 582 g/mol. The second kappa shape index (κ2) is 12.5. The lowest BCUT2D eigenvalue weighted by Gasteiger charge is -2.34. The zero-order chi connectivity index (χ0) is 30.8. The van der Waals surface area contributed by atoms with Crippen molar-refractivity contribution in [2.75, 3.05) is 50.6 Å². The van der Waals surface area contributed by atoms with Crippen LogP contribution < -0.4 is 10.2 Å². The van der Waals surface area contributed by atoms with Crippen molar-refractivity contribution >= 4 is 44.5 Å². The van der Waals surface area contributed by atoms with E-state index >= 15 is 0 Å². The molecule has 0 bridgehead atoms. The van der Waals surface area contributed by atoms with E-state index in [1.54, 1.807) is 55.7 Å². The lowest BCUT2D eigenvalue weighted by Crippen LogP contribution is -2.44. The van der Waals surface area contributed by atoms with E-state index in [1.165, 1.54) is 0 Å². The maximum Gasteiger partial charge on any atom is 0.297 e. The normalized spacial score (nSPS) is 17.7. The summed E-state index contributed by atoms with van der Waals surface area (Å²) >= 11 is 0. The van der Waals surface area contributed by atoms with Crippen molar-refractivity contribution in [2.45, 2.75) is 49.6 Å². The van der Waals surface area contributed by atoms with E-state index in [4.69, 9.17) is 13.9 Å². The number of benzene rings is 1. The molecular formula is C31H37N7O5S. The SMILES string of the molecule is Cc1ccc(S(=O)(=O)OC[C@H]2CN(c3ccc(Nc4ncc5cc(C(=O)N(C)C)n(C6CCCC6)c5n4)nc3)CCO2)cc1. The summed E-state index contributed by atoms with van der Waals surface area (Å²) < 4.78 is 38.4. The van der Waals surface area contributed by atoms with E-state index < -0.39 is 16.2 Å². The molecule has 2 fully saturated rings. The van der Waals surface area contributed by atoms with Gasteiger partial charge in [0.2, 0.25) is 5.95 Å². The van der Waals surface area contributed by atoms with Crippen molar-refractivity contribution in [3.8, 4) is 0 Å². The van der Waals surface area contributed by atoms with Gasteiger partial charge in [-0.15, -0.1) is 0 Å². The van der Waals surface area contributed by atoms with E-state index in [0.29, 0.717) is 37.2 Å². The first-order valence-electron chi connectivity index (χ1n) is 14.8. The van der Waals surface area contributed by atoms with Crippen LogP contribution in [0, 0.1) is 6.92 Å². The predicted molar refractivity (Wildman–Crippen MR) is 167 cm³/mol. The number of pyridine rings is 1. The summed E-state index contributed by atoms with van der Waals surface area (Å²) in [5.41, 5.74) is 3.22. The Morgan fingerprint density at radius 3 is 2.57 bits per heavy atom. The molecule has 1 aliphatic carbocycles. The zero-order valence-corrected chi connectivity index (χ0v) is 26.0. The van der Waals surface area contributed by atoms with Crippen LogP contribution in [0.15, 0.2) is 59.8 Å². The van der Waals surface area contributed by atoms with Gasteiger partial charge in [-0.1, -0.05) is 30.5 Å². The van der Waals surface area contributed by atoms with Gasteiger partial charge in [-0.3, -0.25) is 8.98 Å². The minimum absolute atomic E-state index is 0.0496. The lowest BCUT2D eigenvalue weighted by molar-refractivity contribution is 0.0117. The van der Waals surface area contributed by atoms with Crippen LogP contribution in [0.4, 0.5) is 17.5 Å². The molecule has 1 aliphatic heterocycles. The van der Waals surface area contributed by atoms with Crippen LogP contribution in [0.5, 0.6) is 0 Å². The lowest BCUT2D eigenvalue weighted by atomic mass is 10.2. The first kappa shape index (κ1) is 30.0. The number of carbonyl (C=O) groups excluding carboxylic acids is 1. The van der Waals surface area contributed by atoms with Gasteiger partial charge in [-0.2, -0.15) is 13.4 Å². The smallest absolute Gasteiger partial charge is 0.297 e. The molecule has 0 radical (unpaired) electrons. The molecule has 4 aromatic rings. The summed E-state index contributed by atoms with van der Waals surface area (Å²) in [5.74, 6) is 0.929. The van der Waals surface area contributed by atoms with E-state index in [-0.39, 0.29) is 23.5 Å². The highest BCUT2D eigenvalue weighted by atomic mass is 32.2. The highest BCUT2D eigenvalue weighted by Crippen LogP contribution is 2.35. The summed E-state index contributed by atoms with van der Waals surface area (Å²) in [5, 5.41) is 4.03. The van der Waals surface area contributed by atoms with Gasteiger partial charge in [-0.05, 0) is 50.1 Å². The number of aryl methyl sites for hydroxylation is 1. The first-order chi connectivity index (χ1) is 21.2. The summed E-state index contributed by atoms with van der Waals surface area (Å²) in [6.45, 7) is 3.36. The second-order valence-electron chi connectivity index (χ2n) is 11.5. The van der Waals surface area contributed by atoms with E-state index in [0.717, 1.165) is 48.0 Å². The molecule has 6 rings (SSSR count). The van der Waals surface area contributed by atoms with Gasteiger partial charge in [-0.25, -0.2) is 9.97 Å². The average molecular weight is 620 g/mol. The van der Waals surface area contributed by atoms with Crippen LogP contribution in [0.3, 0.4) is 0 Å². The summed E-state index contributed by atoms with van der Waals surface area (Å²) in [6, 6.07) is 12.5. The fourth-order valence-corrected chi connectivity index (χ4v) is 6.69. The monoisotopic (exact) mass is 619 g/mol. The maximum absolute atomic E-state index is 13.0. The number of aromatic nitrogens is 4. The Morgan fingerprint density at radius 2 is 1.86 bits per heavy atom. The molecule has 0 unspecified atom stereocenters. The van der Waals surface area contributed by atoms with Crippen LogP contribution in [-0.2, 0) is 19.0 Å². The first-order valence-corrected chi connectivity index (χ1v) is 16.2.